The lowest BCUT2D eigenvalue weighted by Crippen LogP contribution is -2.27. The normalized spacial score (nSPS) is 13.5. The zero-order chi connectivity index (χ0) is 18.8. The average Bonchev–Trinajstić information content (AvgIpc) is 3.32. The van der Waals surface area contributed by atoms with Crippen molar-refractivity contribution >= 4 is 23.3 Å². The predicted molar refractivity (Wildman–Crippen MR) is 102 cm³/mol. The van der Waals surface area contributed by atoms with Gasteiger partial charge >= 0.3 is 6.03 Å². The number of rotatable bonds is 4. The summed E-state index contributed by atoms with van der Waals surface area (Å²) in [5, 5.41) is 9.50. The average molecular weight is 362 g/mol. The van der Waals surface area contributed by atoms with Gasteiger partial charge in [0.15, 0.2) is 0 Å². The summed E-state index contributed by atoms with van der Waals surface area (Å²) in [5.41, 5.74) is 3.92. The van der Waals surface area contributed by atoms with Crippen LogP contribution in [0.5, 0.6) is 0 Å². The molecule has 2 N–H and O–H groups in total. The van der Waals surface area contributed by atoms with Crippen LogP contribution in [0.2, 0.25) is 0 Å². The van der Waals surface area contributed by atoms with E-state index in [0.717, 1.165) is 16.8 Å². The maximum atomic E-state index is 12.5. The second-order valence-electron chi connectivity index (χ2n) is 6.33. The van der Waals surface area contributed by atoms with Gasteiger partial charge in [0.1, 0.15) is 5.69 Å². The number of aromatic nitrogens is 1. The molecule has 1 aliphatic heterocycles. The number of amides is 3. The largest absolute Gasteiger partial charge is 0.350 e. The predicted octanol–water partition coefficient (Wildman–Crippen LogP) is 3.43. The Labute approximate surface area is 156 Å². The number of hydrogen-bond donors (Lipinski definition) is 2. The van der Waals surface area contributed by atoms with E-state index in [-0.39, 0.29) is 11.8 Å². The molecule has 7 nitrogen and oxygen atoms in total. The Morgan fingerprint density at radius 2 is 2.00 bits per heavy atom. The van der Waals surface area contributed by atoms with Gasteiger partial charge in [-0.2, -0.15) is 0 Å². The van der Waals surface area contributed by atoms with E-state index in [1.807, 2.05) is 37.3 Å². The molecule has 0 spiro atoms. The minimum Gasteiger partial charge on any atom is -0.350 e. The molecule has 3 aromatic rings. The third-order valence-electron chi connectivity index (χ3n) is 4.35. The van der Waals surface area contributed by atoms with Crippen LogP contribution in [0.1, 0.15) is 16.1 Å². The second-order valence-corrected chi connectivity index (χ2v) is 6.33. The molecule has 3 amide bonds. The topological polar surface area (TPSA) is 87.5 Å². The van der Waals surface area contributed by atoms with Crippen molar-refractivity contribution in [2.45, 2.75) is 6.92 Å². The highest BCUT2D eigenvalue weighted by atomic mass is 16.5. The molecule has 1 aromatic heterocycles. The molecule has 0 bridgehead atoms. The summed E-state index contributed by atoms with van der Waals surface area (Å²) in [7, 11) is 0. The van der Waals surface area contributed by atoms with Crippen LogP contribution in [0.3, 0.4) is 0 Å². The highest BCUT2D eigenvalue weighted by molar-refractivity contribution is 6.03. The van der Waals surface area contributed by atoms with Gasteiger partial charge in [0, 0.05) is 36.1 Å². The molecular weight excluding hydrogens is 344 g/mol. The quantitative estimate of drug-likeness (QED) is 0.744. The number of hydrogen-bond acceptors (Lipinski definition) is 4. The summed E-state index contributed by atoms with van der Waals surface area (Å²) < 4.78 is 5.19. The molecule has 0 unspecified atom stereocenters. The molecule has 1 saturated heterocycles. The van der Waals surface area contributed by atoms with E-state index in [1.165, 1.54) is 0 Å². The van der Waals surface area contributed by atoms with Crippen molar-refractivity contribution in [1.82, 2.24) is 10.5 Å². The summed E-state index contributed by atoms with van der Waals surface area (Å²) in [6, 6.07) is 16.4. The Hall–Kier alpha value is -3.61. The summed E-state index contributed by atoms with van der Waals surface area (Å²) in [6.07, 6.45) is 0. The fourth-order valence-corrected chi connectivity index (χ4v) is 2.90. The van der Waals surface area contributed by atoms with Crippen molar-refractivity contribution in [3.63, 3.8) is 0 Å². The Kier molecular flexibility index (Phi) is 4.33. The number of urea groups is 1. The Balaban J connectivity index is 1.50. The highest BCUT2D eigenvalue weighted by Gasteiger charge is 2.21. The summed E-state index contributed by atoms with van der Waals surface area (Å²) in [5.74, 6) is -0.279. The molecule has 1 fully saturated rings. The van der Waals surface area contributed by atoms with Crippen LogP contribution in [0.4, 0.5) is 16.2 Å². The van der Waals surface area contributed by atoms with Crippen molar-refractivity contribution < 1.29 is 14.1 Å². The van der Waals surface area contributed by atoms with Crippen LogP contribution in [0.25, 0.3) is 11.3 Å². The van der Waals surface area contributed by atoms with Crippen molar-refractivity contribution in [3.05, 3.63) is 65.9 Å². The van der Waals surface area contributed by atoms with Crippen LogP contribution in [-0.4, -0.2) is 30.2 Å². The first-order valence-electron chi connectivity index (χ1n) is 8.61. The van der Waals surface area contributed by atoms with Gasteiger partial charge in [-0.1, -0.05) is 41.1 Å². The number of benzene rings is 2. The monoisotopic (exact) mass is 362 g/mol. The number of aryl methyl sites for hydroxylation is 1. The molecule has 0 aliphatic carbocycles. The summed E-state index contributed by atoms with van der Waals surface area (Å²) in [6.45, 7) is 3.21. The molecule has 7 heteroatoms. The lowest BCUT2D eigenvalue weighted by atomic mass is 10.1. The van der Waals surface area contributed by atoms with Crippen molar-refractivity contribution in [1.29, 1.82) is 0 Å². The van der Waals surface area contributed by atoms with Crippen LogP contribution >= 0.6 is 0 Å². The van der Waals surface area contributed by atoms with E-state index in [0.29, 0.717) is 24.5 Å². The molecule has 0 radical (unpaired) electrons. The number of nitrogens with one attached hydrogen (secondary N) is 2. The summed E-state index contributed by atoms with van der Waals surface area (Å²) >= 11 is 0. The van der Waals surface area contributed by atoms with E-state index in [9.17, 15) is 9.59 Å². The molecule has 0 saturated carbocycles. The third kappa shape index (κ3) is 3.52. The van der Waals surface area contributed by atoms with Gasteiger partial charge in [-0.3, -0.25) is 9.69 Å². The first kappa shape index (κ1) is 16.8. The number of anilines is 2. The van der Waals surface area contributed by atoms with Crippen LogP contribution < -0.4 is 15.5 Å². The van der Waals surface area contributed by atoms with Crippen LogP contribution in [-0.2, 0) is 0 Å². The van der Waals surface area contributed by atoms with Gasteiger partial charge in [0.25, 0.3) is 5.91 Å². The van der Waals surface area contributed by atoms with Gasteiger partial charge in [0.2, 0.25) is 5.76 Å². The first-order chi connectivity index (χ1) is 13.1. The van der Waals surface area contributed by atoms with Crippen molar-refractivity contribution in [3.8, 4) is 11.3 Å². The van der Waals surface area contributed by atoms with Crippen molar-refractivity contribution in [2.75, 3.05) is 23.3 Å². The Bertz CT molecular complexity index is 994. The number of carbonyl (C=O) groups excluding carboxylic acids is 2. The van der Waals surface area contributed by atoms with Crippen LogP contribution in [0, 0.1) is 6.92 Å². The lowest BCUT2D eigenvalue weighted by molar-refractivity contribution is 0.0988. The van der Waals surface area contributed by atoms with E-state index in [2.05, 4.69) is 15.8 Å². The standard InChI is InChI=1S/C20H18N4O3/c1-13-5-7-14(8-6-13)17-12-18(27-23-17)19(25)22-15-3-2-4-16(11-15)24-10-9-21-20(24)26/h2-8,11-12H,9-10H2,1H3,(H,21,26)(H,22,25). The zero-order valence-electron chi connectivity index (χ0n) is 14.7. The van der Waals surface area contributed by atoms with Gasteiger partial charge in [-0.05, 0) is 25.1 Å². The molecule has 4 rings (SSSR count). The van der Waals surface area contributed by atoms with E-state index in [1.54, 1.807) is 29.2 Å². The third-order valence-corrected chi connectivity index (χ3v) is 4.35. The zero-order valence-corrected chi connectivity index (χ0v) is 14.7. The van der Waals surface area contributed by atoms with Crippen LogP contribution in [0.15, 0.2) is 59.1 Å². The molecule has 2 aromatic carbocycles. The van der Waals surface area contributed by atoms with Crippen molar-refractivity contribution in [2.24, 2.45) is 0 Å². The van der Waals surface area contributed by atoms with E-state index >= 15 is 0 Å². The Morgan fingerprint density at radius 3 is 2.74 bits per heavy atom. The molecule has 1 aliphatic rings. The van der Waals surface area contributed by atoms with Gasteiger partial charge in [0.05, 0.1) is 0 Å². The summed E-state index contributed by atoms with van der Waals surface area (Å²) in [4.78, 5) is 25.9. The number of nitrogens with zero attached hydrogens (tertiary/aromatic N) is 2. The second kappa shape index (κ2) is 6.95. The molecular formula is C20H18N4O3. The van der Waals surface area contributed by atoms with E-state index < -0.39 is 5.91 Å². The SMILES string of the molecule is Cc1ccc(-c2cc(C(=O)Nc3cccc(N4CCNC4=O)c3)on2)cc1. The van der Waals surface area contributed by atoms with E-state index in [4.69, 9.17) is 4.52 Å². The number of carbonyl (C=O) groups is 2. The maximum absolute atomic E-state index is 12.5. The fourth-order valence-electron chi connectivity index (χ4n) is 2.90. The minimum atomic E-state index is -0.399. The highest BCUT2D eigenvalue weighted by Crippen LogP contribution is 2.23. The smallest absolute Gasteiger partial charge is 0.321 e. The minimum absolute atomic E-state index is 0.120. The fraction of sp³-hybridized carbons (Fsp3) is 0.150. The lowest BCUT2D eigenvalue weighted by Gasteiger charge is -2.15. The molecule has 0 atom stereocenters. The molecule has 136 valence electrons. The molecule has 2 heterocycles. The van der Waals surface area contributed by atoms with Gasteiger partial charge in [-0.25, -0.2) is 4.79 Å². The maximum Gasteiger partial charge on any atom is 0.321 e. The Morgan fingerprint density at radius 1 is 1.19 bits per heavy atom. The van der Waals surface area contributed by atoms with Gasteiger partial charge in [-0.15, -0.1) is 0 Å². The molecule has 27 heavy (non-hydrogen) atoms. The van der Waals surface area contributed by atoms with Gasteiger partial charge < -0.3 is 15.2 Å². The first-order valence-corrected chi connectivity index (χ1v) is 8.61.